The zero-order valence-corrected chi connectivity index (χ0v) is 9.60. The van der Waals surface area contributed by atoms with Crippen molar-refractivity contribution >= 4 is 15.9 Å². The molecule has 3 heteroatoms. The van der Waals surface area contributed by atoms with Gasteiger partial charge in [-0.25, -0.2) is 4.98 Å². The molecular weight excluding hydrogens is 230 g/mol. The first-order chi connectivity index (χ1) is 6.27. The average Bonchev–Trinajstić information content (AvgIpc) is 2.16. The molecule has 0 amide bonds. The number of rotatable bonds is 4. The highest BCUT2D eigenvalue weighted by Crippen LogP contribution is 2.22. The molecule has 0 aromatic carbocycles. The number of ether oxygens (including phenoxy) is 1. The maximum absolute atomic E-state index is 5.11. The quantitative estimate of drug-likeness (QED) is 0.811. The van der Waals surface area contributed by atoms with E-state index in [-0.39, 0.29) is 0 Å². The largest absolute Gasteiger partial charge is 0.480 e. The van der Waals surface area contributed by atoms with E-state index in [4.69, 9.17) is 4.74 Å². The fourth-order valence-corrected chi connectivity index (χ4v) is 1.48. The topological polar surface area (TPSA) is 22.1 Å². The lowest BCUT2D eigenvalue weighted by atomic mass is 10.2. The number of pyridine rings is 1. The SMILES string of the molecule is CCCCc1ccc(Br)c(OC)n1. The molecule has 0 bridgehead atoms. The normalized spacial score (nSPS) is 10.1. The van der Waals surface area contributed by atoms with E-state index in [9.17, 15) is 0 Å². The summed E-state index contributed by atoms with van der Waals surface area (Å²) in [6, 6.07) is 4.01. The number of aromatic nitrogens is 1. The number of unbranched alkanes of at least 4 members (excludes halogenated alkanes) is 1. The van der Waals surface area contributed by atoms with E-state index in [0.717, 1.165) is 16.6 Å². The highest BCUT2D eigenvalue weighted by molar-refractivity contribution is 9.10. The lowest BCUT2D eigenvalue weighted by molar-refractivity contribution is 0.393. The van der Waals surface area contributed by atoms with E-state index in [1.807, 2.05) is 12.1 Å². The van der Waals surface area contributed by atoms with Gasteiger partial charge in [-0.05, 0) is 40.9 Å². The third-order valence-electron chi connectivity index (χ3n) is 1.85. The maximum atomic E-state index is 5.11. The molecule has 13 heavy (non-hydrogen) atoms. The van der Waals surface area contributed by atoms with Gasteiger partial charge in [-0.1, -0.05) is 13.3 Å². The zero-order chi connectivity index (χ0) is 9.68. The molecule has 0 aliphatic rings. The summed E-state index contributed by atoms with van der Waals surface area (Å²) in [6.45, 7) is 2.18. The van der Waals surface area contributed by atoms with Crippen LogP contribution in [0.5, 0.6) is 5.88 Å². The molecule has 0 unspecified atom stereocenters. The third-order valence-corrected chi connectivity index (χ3v) is 2.45. The molecule has 1 rings (SSSR count). The van der Waals surface area contributed by atoms with Crippen molar-refractivity contribution in [1.29, 1.82) is 0 Å². The van der Waals surface area contributed by atoms with Crippen LogP contribution in [0, 0.1) is 0 Å². The van der Waals surface area contributed by atoms with Crippen molar-refractivity contribution in [3.63, 3.8) is 0 Å². The van der Waals surface area contributed by atoms with Crippen LogP contribution in [0.1, 0.15) is 25.5 Å². The minimum atomic E-state index is 0.675. The Morgan fingerprint density at radius 2 is 2.23 bits per heavy atom. The van der Waals surface area contributed by atoms with Gasteiger partial charge in [0.2, 0.25) is 5.88 Å². The van der Waals surface area contributed by atoms with Gasteiger partial charge in [-0.2, -0.15) is 0 Å². The molecular formula is C10H14BrNO. The van der Waals surface area contributed by atoms with Gasteiger partial charge in [0.05, 0.1) is 11.6 Å². The maximum Gasteiger partial charge on any atom is 0.227 e. The second kappa shape index (κ2) is 5.22. The van der Waals surface area contributed by atoms with Gasteiger partial charge < -0.3 is 4.74 Å². The molecule has 1 heterocycles. The van der Waals surface area contributed by atoms with Crippen LogP contribution in [0.3, 0.4) is 0 Å². The Morgan fingerprint density at radius 1 is 1.46 bits per heavy atom. The smallest absolute Gasteiger partial charge is 0.227 e. The standard InChI is InChI=1S/C10H14BrNO/c1-3-4-5-8-6-7-9(11)10(12-8)13-2/h6-7H,3-5H2,1-2H3. The van der Waals surface area contributed by atoms with Crippen LogP contribution in [0.4, 0.5) is 0 Å². The summed E-state index contributed by atoms with van der Waals surface area (Å²) in [6.07, 6.45) is 3.40. The van der Waals surface area contributed by atoms with Gasteiger partial charge in [0.15, 0.2) is 0 Å². The Balaban J connectivity index is 2.74. The summed E-state index contributed by atoms with van der Waals surface area (Å²) in [4.78, 5) is 4.36. The van der Waals surface area contributed by atoms with Crippen molar-refractivity contribution in [2.45, 2.75) is 26.2 Å². The fraction of sp³-hybridized carbons (Fsp3) is 0.500. The van der Waals surface area contributed by atoms with Crippen molar-refractivity contribution < 1.29 is 4.74 Å². The number of hydrogen-bond acceptors (Lipinski definition) is 2. The van der Waals surface area contributed by atoms with Gasteiger partial charge in [0, 0.05) is 5.69 Å². The van der Waals surface area contributed by atoms with E-state index < -0.39 is 0 Å². The van der Waals surface area contributed by atoms with Crippen LogP contribution in [0.2, 0.25) is 0 Å². The van der Waals surface area contributed by atoms with Crippen molar-refractivity contribution in [1.82, 2.24) is 4.98 Å². The minimum absolute atomic E-state index is 0.675. The minimum Gasteiger partial charge on any atom is -0.480 e. The highest BCUT2D eigenvalue weighted by atomic mass is 79.9. The van der Waals surface area contributed by atoms with E-state index in [1.165, 1.54) is 12.8 Å². The number of hydrogen-bond donors (Lipinski definition) is 0. The average molecular weight is 244 g/mol. The Bertz CT molecular complexity index is 276. The van der Waals surface area contributed by atoms with Gasteiger partial charge >= 0.3 is 0 Å². The van der Waals surface area contributed by atoms with Crippen molar-refractivity contribution in [2.75, 3.05) is 7.11 Å². The van der Waals surface area contributed by atoms with Crippen LogP contribution in [0.15, 0.2) is 16.6 Å². The lowest BCUT2D eigenvalue weighted by Crippen LogP contribution is -1.94. The second-order valence-electron chi connectivity index (χ2n) is 2.90. The van der Waals surface area contributed by atoms with Gasteiger partial charge in [-0.3, -0.25) is 0 Å². The number of nitrogens with zero attached hydrogens (tertiary/aromatic N) is 1. The molecule has 0 atom stereocenters. The number of methoxy groups -OCH3 is 1. The summed E-state index contributed by atoms with van der Waals surface area (Å²) in [5.41, 5.74) is 1.10. The predicted molar refractivity (Wildman–Crippen MR) is 57.1 cm³/mol. The Labute approximate surface area is 87.5 Å². The molecule has 2 nitrogen and oxygen atoms in total. The predicted octanol–water partition coefficient (Wildman–Crippen LogP) is 3.20. The lowest BCUT2D eigenvalue weighted by Gasteiger charge is -2.04. The monoisotopic (exact) mass is 243 g/mol. The van der Waals surface area contributed by atoms with Crippen LogP contribution in [0.25, 0.3) is 0 Å². The molecule has 0 aliphatic heterocycles. The molecule has 0 aliphatic carbocycles. The summed E-state index contributed by atoms with van der Waals surface area (Å²) in [7, 11) is 1.64. The highest BCUT2D eigenvalue weighted by Gasteiger charge is 2.02. The van der Waals surface area contributed by atoms with Crippen LogP contribution < -0.4 is 4.74 Å². The summed E-state index contributed by atoms with van der Waals surface area (Å²) < 4.78 is 6.02. The van der Waals surface area contributed by atoms with E-state index in [1.54, 1.807) is 7.11 Å². The van der Waals surface area contributed by atoms with E-state index >= 15 is 0 Å². The summed E-state index contributed by atoms with van der Waals surface area (Å²) >= 11 is 3.37. The number of aryl methyl sites for hydroxylation is 1. The fourth-order valence-electron chi connectivity index (χ4n) is 1.10. The van der Waals surface area contributed by atoms with Crippen LogP contribution in [-0.2, 0) is 6.42 Å². The molecule has 72 valence electrons. The third kappa shape index (κ3) is 2.99. The van der Waals surface area contributed by atoms with Gasteiger partial charge in [0.25, 0.3) is 0 Å². The summed E-state index contributed by atoms with van der Waals surface area (Å²) in [5, 5.41) is 0. The first-order valence-corrected chi connectivity index (χ1v) is 5.26. The van der Waals surface area contributed by atoms with Gasteiger partial charge in [-0.15, -0.1) is 0 Å². The second-order valence-corrected chi connectivity index (χ2v) is 3.75. The first kappa shape index (κ1) is 10.5. The number of halogens is 1. The molecule has 1 aromatic rings. The molecule has 0 radical (unpaired) electrons. The molecule has 0 spiro atoms. The zero-order valence-electron chi connectivity index (χ0n) is 8.01. The molecule has 0 N–H and O–H groups in total. The van der Waals surface area contributed by atoms with E-state index in [2.05, 4.69) is 27.8 Å². The van der Waals surface area contributed by atoms with Crippen molar-refractivity contribution in [2.24, 2.45) is 0 Å². The van der Waals surface area contributed by atoms with Crippen molar-refractivity contribution in [3.8, 4) is 5.88 Å². The Kier molecular flexibility index (Phi) is 4.22. The van der Waals surface area contributed by atoms with E-state index in [0.29, 0.717) is 5.88 Å². The van der Waals surface area contributed by atoms with Crippen LogP contribution in [-0.4, -0.2) is 12.1 Å². The molecule has 1 aromatic heterocycles. The Morgan fingerprint density at radius 3 is 2.85 bits per heavy atom. The molecule has 0 fully saturated rings. The van der Waals surface area contributed by atoms with Gasteiger partial charge in [0.1, 0.15) is 0 Å². The first-order valence-electron chi connectivity index (χ1n) is 4.47. The Hall–Kier alpha value is -0.570. The van der Waals surface area contributed by atoms with Crippen LogP contribution >= 0.6 is 15.9 Å². The molecule has 0 saturated carbocycles. The molecule has 0 saturated heterocycles. The van der Waals surface area contributed by atoms with Crippen molar-refractivity contribution in [3.05, 3.63) is 22.3 Å². The summed E-state index contributed by atoms with van der Waals surface area (Å²) in [5.74, 6) is 0.675.